The van der Waals surface area contributed by atoms with Gasteiger partial charge in [0.25, 0.3) is 10.0 Å². The third kappa shape index (κ3) is 4.05. The van der Waals surface area contributed by atoms with Gasteiger partial charge in [-0.2, -0.15) is 13.5 Å². The van der Waals surface area contributed by atoms with Gasteiger partial charge >= 0.3 is 6.03 Å². The van der Waals surface area contributed by atoms with Crippen molar-refractivity contribution in [2.75, 3.05) is 11.9 Å². The molecule has 2 aliphatic rings. The van der Waals surface area contributed by atoms with Gasteiger partial charge in [-0.25, -0.2) is 14.5 Å². The zero-order valence-electron chi connectivity index (χ0n) is 17.4. The van der Waals surface area contributed by atoms with Crippen LogP contribution >= 0.6 is 0 Å². The SMILES string of the molecule is O=C1Nc2c(ccc3c2CCC3)-c2ccnc(c2)OCCCCn2ccc(n2)S(=O)(=O)N1. The minimum Gasteiger partial charge on any atom is -0.478 e. The number of aryl methyl sites for hydroxylation is 2. The Labute approximate surface area is 185 Å². The van der Waals surface area contributed by atoms with Crippen molar-refractivity contribution in [3.05, 3.63) is 53.9 Å². The Hall–Kier alpha value is -3.40. The molecule has 10 heteroatoms. The molecule has 0 saturated heterocycles. The van der Waals surface area contributed by atoms with E-state index < -0.39 is 16.1 Å². The minimum atomic E-state index is -4.10. The Morgan fingerprint density at radius 3 is 2.88 bits per heavy atom. The molecule has 166 valence electrons. The molecular weight excluding hydrogens is 430 g/mol. The Kier molecular flexibility index (Phi) is 5.30. The smallest absolute Gasteiger partial charge is 0.333 e. The molecule has 1 aromatic carbocycles. The normalized spacial score (nSPS) is 17.8. The number of hydrogen-bond acceptors (Lipinski definition) is 6. The van der Waals surface area contributed by atoms with Crippen LogP contribution in [0.25, 0.3) is 11.1 Å². The number of benzene rings is 1. The topological polar surface area (TPSA) is 115 Å². The summed E-state index contributed by atoms with van der Waals surface area (Å²) in [4.78, 5) is 17.1. The number of nitrogens with zero attached hydrogens (tertiary/aromatic N) is 3. The van der Waals surface area contributed by atoms with E-state index in [0.29, 0.717) is 24.7 Å². The lowest BCUT2D eigenvalue weighted by atomic mass is 9.98. The fourth-order valence-corrected chi connectivity index (χ4v) is 5.03. The molecule has 0 saturated carbocycles. The number of nitrogens with one attached hydrogen (secondary N) is 2. The molecule has 0 atom stereocenters. The van der Waals surface area contributed by atoms with Crippen molar-refractivity contribution in [1.29, 1.82) is 0 Å². The van der Waals surface area contributed by atoms with Crippen LogP contribution in [0.1, 0.15) is 30.4 Å². The number of hydrogen-bond donors (Lipinski definition) is 2. The van der Waals surface area contributed by atoms with E-state index in [1.807, 2.05) is 18.2 Å². The standard InChI is InChI=1S/C22H23N5O4S/c28-22-24-21-17-5-3-4-15(17)6-7-18(21)16-8-10-23-19(14-16)31-13-2-1-11-27-12-9-20(25-27)32(29,30)26-22/h6-10,12,14H,1-5,11,13H2,(H2,24,26,28). The Balaban J connectivity index is 1.57. The van der Waals surface area contributed by atoms with Crippen molar-refractivity contribution in [1.82, 2.24) is 19.5 Å². The van der Waals surface area contributed by atoms with Crippen LogP contribution in [0.2, 0.25) is 0 Å². The summed E-state index contributed by atoms with van der Waals surface area (Å²) in [5.74, 6) is 0.506. The van der Waals surface area contributed by atoms with Gasteiger partial charge in [-0.3, -0.25) is 4.68 Å². The number of rotatable bonds is 0. The van der Waals surface area contributed by atoms with Gasteiger partial charge < -0.3 is 10.1 Å². The van der Waals surface area contributed by atoms with Crippen molar-refractivity contribution in [2.24, 2.45) is 0 Å². The molecule has 2 aromatic heterocycles. The largest absolute Gasteiger partial charge is 0.478 e. The van der Waals surface area contributed by atoms with E-state index in [2.05, 4.69) is 26.2 Å². The summed E-state index contributed by atoms with van der Waals surface area (Å²) in [6.45, 7) is 1.02. The number of carbonyl (C=O) groups excluding carboxylic acids is 1. The molecule has 0 fully saturated rings. The number of sulfonamides is 1. The van der Waals surface area contributed by atoms with Crippen molar-refractivity contribution in [3.63, 3.8) is 0 Å². The molecule has 1 aliphatic carbocycles. The van der Waals surface area contributed by atoms with Crippen molar-refractivity contribution in [3.8, 4) is 17.0 Å². The van der Waals surface area contributed by atoms with Gasteiger partial charge in [0.05, 0.1) is 12.3 Å². The molecule has 32 heavy (non-hydrogen) atoms. The van der Waals surface area contributed by atoms with E-state index in [1.54, 1.807) is 17.1 Å². The summed E-state index contributed by atoms with van der Waals surface area (Å²) in [5, 5.41) is 6.70. The monoisotopic (exact) mass is 453 g/mol. The maximum atomic E-state index is 12.8. The highest BCUT2D eigenvalue weighted by Gasteiger charge is 2.24. The molecule has 0 spiro atoms. The van der Waals surface area contributed by atoms with Crippen molar-refractivity contribution < 1.29 is 17.9 Å². The van der Waals surface area contributed by atoms with Crippen LogP contribution in [0.4, 0.5) is 10.5 Å². The maximum absolute atomic E-state index is 12.8. The zero-order chi connectivity index (χ0) is 22.1. The zero-order valence-corrected chi connectivity index (χ0v) is 18.2. The van der Waals surface area contributed by atoms with Gasteiger partial charge in [-0.05, 0) is 60.9 Å². The van der Waals surface area contributed by atoms with Crippen molar-refractivity contribution >= 4 is 21.7 Å². The summed E-state index contributed by atoms with van der Waals surface area (Å²) in [5.41, 5.74) is 4.42. The van der Waals surface area contributed by atoms with E-state index in [0.717, 1.165) is 54.4 Å². The highest BCUT2D eigenvalue weighted by atomic mass is 32.2. The first kappa shape index (κ1) is 20.5. The number of aromatic nitrogens is 3. The van der Waals surface area contributed by atoms with E-state index in [1.165, 1.54) is 6.07 Å². The number of amides is 2. The first-order valence-corrected chi connectivity index (χ1v) is 12.1. The first-order valence-electron chi connectivity index (χ1n) is 10.6. The molecule has 3 heterocycles. The minimum absolute atomic E-state index is 0.192. The quantitative estimate of drug-likeness (QED) is 0.540. The van der Waals surface area contributed by atoms with Crippen LogP contribution in [0, 0.1) is 0 Å². The number of ether oxygens (including phenoxy) is 1. The molecule has 2 amide bonds. The van der Waals surface area contributed by atoms with Gasteiger partial charge in [-0.1, -0.05) is 12.1 Å². The summed E-state index contributed by atoms with van der Waals surface area (Å²) in [6, 6.07) is 8.26. The second-order valence-corrected chi connectivity index (χ2v) is 9.52. The molecule has 3 aromatic rings. The summed E-state index contributed by atoms with van der Waals surface area (Å²) in [6.07, 6.45) is 7.49. The summed E-state index contributed by atoms with van der Waals surface area (Å²) in [7, 11) is -4.10. The molecule has 4 bridgehead atoms. The third-order valence-electron chi connectivity index (χ3n) is 5.72. The summed E-state index contributed by atoms with van der Waals surface area (Å²) >= 11 is 0. The van der Waals surface area contributed by atoms with Crippen LogP contribution < -0.4 is 14.8 Å². The molecule has 0 radical (unpaired) electrons. The van der Waals surface area contributed by atoms with Crippen LogP contribution in [0.15, 0.2) is 47.8 Å². The Morgan fingerprint density at radius 1 is 1.06 bits per heavy atom. The van der Waals surface area contributed by atoms with Crippen LogP contribution in [0.5, 0.6) is 5.88 Å². The fourth-order valence-electron chi connectivity index (χ4n) is 4.18. The van der Waals surface area contributed by atoms with E-state index >= 15 is 0 Å². The molecule has 5 rings (SSSR count). The number of fused-ring (bicyclic) bond motifs is 8. The predicted molar refractivity (Wildman–Crippen MR) is 118 cm³/mol. The second-order valence-electron chi connectivity index (χ2n) is 7.89. The average molecular weight is 454 g/mol. The van der Waals surface area contributed by atoms with Gasteiger partial charge in [0.15, 0.2) is 5.03 Å². The highest BCUT2D eigenvalue weighted by Crippen LogP contribution is 2.38. The maximum Gasteiger partial charge on any atom is 0.333 e. The van der Waals surface area contributed by atoms with Crippen LogP contribution in [0.3, 0.4) is 0 Å². The van der Waals surface area contributed by atoms with E-state index in [9.17, 15) is 13.2 Å². The van der Waals surface area contributed by atoms with Gasteiger partial charge in [0.1, 0.15) is 0 Å². The predicted octanol–water partition coefficient (Wildman–Crippen LogP) is 3.12. The average Bonchev–Trinajstić information content (AvgIpc) is 3.43. The molecule has 2 N–H and O–H groups in total. The van der Waals surface area contributed by atoms with Gasteiger partial charge in [0.2, 0.25) is 5.88 Å². The highest BCUT2D eigenvalue weighted by molar-refractivity contribution is 7.90. The second kappa shape index (κ2) is 8.27. The van der Waals surface area contributed by atoms with E-state index in [-0.39, 0.29) is 5.03 Å². The number of anilines is 1. The lowest BCUT2D eigenvalue weighted by Gasteiger charge is -2.17. The number of pyridine rings is 1. The lowest BCUT2D eigenvalue weighted by Crippen LogP contribution is -2.35. The molecule has 9 nitrogen and oxygen atoms in total. The van der Waals surface area contributed by atoms with Gasteiger partial charge in [-0.15, -0.1) is 0 Å². The Bertz CT molecular complexity index is 1290. The lowest BCUT2D eigenvalue weighted by molar-refractivity contribution is 0.256. The van der Waals surface area contributed by atoms with Crippen LogP contribution in [-0.4, -0.2) is 35.8 Å². The van der Waals surface area contributed by atoms with Crippen molar-refractivity contribution in [2.45, 2.75) is 43.7 Å². The molecule has 1 aliphatic heterocycles. The third-order valence-corrected chi connectivity index (χ3v) is 6.94. The molecule has 0 unspecified atom stereocenters. The van der Waals surface area contributed by atoms with Crippen LogP contribution in [-0.2, 0) is 29.4 Å². The first-order chi connectivity index (χ1) is 15.5. The fraction of sp³-hybridized carbons (Fsp3) is 0.318. The molecular formula is C22H23N5O4S. The van der Waals surface area contributed by atoms with E-state index in [4.69, 9.17) is 4.74 Å². The number of urea groups is 1. The number of carbonyl (C=O) groups is 1. The van der Waals surface area contributed by atoms with Gasteiger partial charge in [0, 0.05) is 30.6 Å². The Morgan fingerprint density at radius 2 is 1.97 bits per heavy atom. The summed E-state index contributed by atoms with van der Waals surface area (Å²) < 4.78 is 34.9.